The first-order valence-electron chi connectivity index (χ1n) is 21.4. The summed E-state index contributed by atoms with van der Waals surface area (Å²) >= 11 is 0. The second-order valence-corrected chi connectivity index (χ2v) is 17.3. The number of benzene rings is 8. The van der Waals surface area contributed by atoms with Crippen LogP contribution >= 0.6 is 0 Å². The van der Waals surface area contributed by atoms with Gasteiger partial charge in [-0.3, -0.25) is 0 Å². The Balaban J connectivity index is 1.00. The van der Waals surface area contributed by atoms with Crippen molar-refractivity contribution in [3.05, 3.63) is 222 Å². The highest BCUT2D eigenvalue weighted by Gasteiger charge is 2.36. The maximum absolute atomic E-state index is 6.43. The summed E-state index contributed by atoms with van der Waals surface area (Å²) in [6.45, 7) is 6.99. The number of fused-ring (bicyclic) bond motifs is 9. The number of hydrogen-bond donors (Lipinski definition) is 0. The topological polar surface area (TPSA) is 21.3 Å². The van der Waals surface area contributed by atoms with Gasteiger partial charge < -0.3 is 13.9 Å². The molecule has 0 radical (unpaired) electrons. The lowest BCUT2D eigenvalue weighted by Gasteiger charge is -2.32. The number of allylic oxidation sites excluding steroid dienone is 3. The average molecular weight is 785 g/mol. The molecule has 0 saturated carbocycles. The minimum absolute atomic E-state index is 0.0826. The van der Waals surface area contributed by atoms with Crippen LogP contribution in [0.25, 0.3) is 71.7 Å². The Morgan fingerprint density at radius 2 is 1.28 bits per heavy atom. The Labute approximate surface area is 356 Å². The number of hydrogen-bond acceptors (Lipinski definition) is 2. The number of furan rings is 1. The van der Waals surface area contributed by atoms with Crippen molar-refractivity contribution in [3.63, 3.8) is 0 Å². The first-order valence-corrected chi connectivity index (χ1v) is 21.4. The van der Waals surface area contributed by atoms with E-state index < -0.39 is 0 Å². The fraction of sp³-hybridized carbons (Fsp3) is 0.103. The predicted octanol–water partition coefficient (Wildman–Crippen LogP) is 15.8. The molecule has 3 nitrogen and oxygen atoms in total. The summed E-state index contributed by atoms with van der Waals surface area (Å²) in [6, 6.07) is 66.5. The molecule has 2 aliphatic carbocycles. The van der Waals surface area contributed by atoms with Crippen LogP contribution in [0.4, 0.5) is 11.4 Å². The van der Waals surface area contributed by atoms with Crippen molar-refractivity contribution in [2.75, 3.05) is 4.90 Å². The highest BCUT2D eigenvalue weighted by molar-refractivity contribution is 6.14. The molecular weight excluding hydrogens is 741 g/mol. The first-order chi connectivity index (χ1) is 29.9. The Morgan fingerprint density at radius 3 is 2.10 bits per heavy atom. The monoisotopic (exact) mass is 784 g/mol. The lowest BCUT2D eigenvalue weighted by Crippen LogP contribution is -2.20. The van der Waals surface area contributed by atoms with Crippen molar-refractivity contribution in [3.8, 4) is 27.9 Å². The Hall–Kier alpha value is -7.36. The van der Waals surface area contributed by atoms with E-state index in [9.17, 15) is 0 Å². The number of anilines is 2. The Morgan fingerprint density at radius 1 is 0.574 bits per heavy atom. The highest BCUT2D eigenvalue weighted by Crippen LogP contribution is 2.51. The van der Waals surface area contributed by atoms with E-state index in [1.807, 2.05) is 6.07 Å². The summed E-state index contributed by atoms with van der Waals surface area (Å²) in [5.41, 5.74) is 19.2. The van der Waals surface area contributed by atoms with E-state index in [4.69, 9.17) is 4.42 Å². The van der Waals surface area contributed by atoms with E-state index in [0.717, 1.165) is 39.7 Å². The normalized spacial score (nSPS) is 15.6. The largest absolute Gasteiger partial charge is 0.456 e. The lowest BCUT2D eigenvalue weighted by molar-refractivity contribution is 0.661. The summed E-state index contributed by atoms with van der Waals surface area (Å²) in [6.07, 6.45) is 5.79. The smallest absolute Gasteiger partial charge is 0.137 e. The van der Waals surface area contributed by atoms with Crippen LogP contribution in [0.1, 0.15) is 49.8 Å². The zero-order valence-corrected chi connectivity index (χ0v) is 34.6. The van der Waals surface area contributed by atoms with E-state index >= 15 is 0 Å². The van der Waals surface area contributed by atoms with E-state index in [2.05, 4.69) is 218 Å². The summed E-state index contributed by atoms with van der Waals surface area (Å²) in [5, 5.41) is 4.77. The minimum atomic E-state index is -0.0826. The summed E-state index contributed by atoms with van der Waals surface area (Å²) in [5.74, 6) is 0.338. The van der Waals surface area contributed by atoms with Crippen molar-refractivity contribution in [1.82, 2.24) is 4.57 Å². The van der Waals surface area contributed by atoms with Crippen LogP contribution < -0.4 is 4.90 Å². The third-order valence-electron chi connectivity index (χ3n) is 13.5. The summed E-state index contributed by atoms with van der Waals surface area (Å²) in [7, 11) is 0. The highest BCUT2D eigenvalue weighted by atomic mass is 16.3. The molecule has 61 heavy (non-hydrogen) atoms. The maximum atomic E-state index is 6.43. The predicted molar refractivity (Wildman–Crippen MR) is 255 cm³/mol. The van der Waals surface area contributed by atoms with Gasteiger partial charge in [-0.2, -0.15) is 0 Å². The van der Waals surface area contributed by atoms with Crippen molar-refractivity contribution in [1.29, 1.82) is 0 Å². The Kier molecular flexibility index (Phi) is 7.92. The van der Waals surface area contributed by atoms with Gasteiger partial charge in [-0.1, -0.05) is 141 Å². The van der Waals surface area contributed by atoms with Crippen LogP contribution in [-0.2, 0) is 5.41 Å². The van der Waals surface area contributed by atoms with Gasteiger partial charge in [-0.15, -0.1) is 0 Å². The molecule has 0 bridgehead atoms. The van der Waals surface area contributed by atoms with E-state index in [0.29, 0.717) is 5.92 Å². The van der Waals surface area contributed by atoms with Gasteiger partial charge in [-0.25, -0.2) is 0 Å². The molecule has 0 fully saturated rings. The SMILES string of the molecule is CC1=CC(c2ccccc2)CC=C1N(c1ccc(-c2ccc3c(c2)c2cc4c(cc2n3-c2ccccc2)C(C)(C)c2ccccc2-4)cc1)c1cccc2oc3ccccc3c12. The zero-order valence-electron chi connectivity index (χ0n) is 34.6. The van der Waals surface area contributed by atoms with E-state index in [1.165, 1.54) is 77.7 Å². The van der Waals surface area contributed by atoms with Crippen LogP contribution in [0.5, 0.6) is 0 Å². The number of para-hydroxylation sites is 2. The molecule has 0 saturated heterocycles. The van der Waals surface area contributed by atoms with E-state index in [-0.39, 0.29) is 5.41 Å². The molecule has 2 aromatic heterocycles. The molecule has 0 N–H and O–H groups in total. The molecule has 1 atom stereocenters. The molecule has 0 spiro atoms. The van der Waals surface area contributed by atoms with Crippen LogP contribution in [0, 0.1) is 0 Å². The zero-order chi connectivity index (χ0) is 40.8. The second kappa shape index (κ2) is 13.6. The molecule has 2 aliphatic rings. The van der Waals surface area contributed by atoms with Crippen LogP contribution in [0.2, 0.25) is 0 Å². The maximum Gasteiger partial charge on any atom is 0.137 e. The first kappa shape index (κ1) is 35.6. The molecule has 292 valence electrons. The van der Waals surface area contributed by atoms with Gasteiger partial charge in [-0.05, 0) is 125 Å². The third kappa shape index (κ3) is 5.50. The molecular formula is C58H44N2O. The van der Waals surface area contributed by atoms with Gasteiger partial charge in [0, 0.05) is 44.6 Å². The van der Waals surface area contributed by atoms with E-state index in [1.54, 1.807) is 0 Å². The molecule has 0 aliphatic heterocycles. The van der Waals surface area contributed by atoms with Gasteiger partial charge in [0.25, 0.3) is 0 Å². The van der Waals surface area contributed by atoms with Gasteiger partial charge in [0.05, 0.1) is 22.1 Å². The second-order valence-electron chi connectivity index (χ2n) is 17.3. The fourth-order valence-electron chi connectivity index (χ4n) is 10.5. The Bertz CT molecular complexity index is 3420. The van der Waals surface area contributed by atoms with Gasteiger partial charge in [0.2, 0.25) is 0 Å². The third-order valence-corrected chi connectivity index (χ3v) is 13.5. The fourth-order valence-corrected chi connectivity index (χ4v) is 10.5. The number of rotatable bonds is 6. The number of aromatic nitrogens is 1. The summed E-state index contributed by atoms with van der Waals surface area (Å²) < 4.78 is 8.88. The van der Waals surface area contributed by atoms with Crippen LogP contribution in [0.15, 0.2) is 210 Å². The minimum Gasteiger partial charge on any atom is -0.456 e. The van der Waals surface area contributed by atoms with Gasteiger partial charge in [0.15, 0.2) is 0 Å². The molecule has 10 aromatic rings. The molecule has 8 aromatic carbocycles. The van der Waals surface area contributed by atoms with Crippen molar-refractivity contribution in [2.24, 2.45) is 0 Å². The summed E-state index contributed by atoms with van der Waals surface area (Å²) in [4.78, 5) is 2.44. The molecule has 1 unspecified atom stereocenters. The molecule has 3 heteroatoms. The van der Waals surface area contributed by atoms with Crippen molar-refractivity contribution >= 4 is 55.1 Å². The average Bonchev–Trinajstić information content (AvgIpc) is 3.92. The van der Waals surface area contributed by atoms with Gasteiger partial charge >= 0.3 is 0 Å². The number of nitrogens with zero attached hydrogens (tertiary/aromatic N) is 2. The van der Waals surface area contributed by atoms with Crippen molar-refractivity contribution < 1.29 is 4.42 Å². The van der Waals surface area contributed by atoms with Crippen molar-refractivity contribution in [2.45, 2.75) is 38.5 Å². The standard InChI is InChI=1S/C58H44N2O/c1-37-33-40(38-15-6-4-7-16-38)27-31-51(37)59(53-22-14-24-56-57(53)45-20-11-13-23-55(45)61-56)43-29-25-39(26-30-43)41-28-32-52-47(34-41)48-35-46-44-19-10-12-21-49(44)58(2,3)50(46)36-54(48)60(52)42-17-8-5-9-18-42/h4-26,28-36,40H,27H2,1-3H3. The molecule has 2 heterocycles. The lowest BCUT2D eigenvalue weighted by atomic mass is 9.82. The quantitative estimate of drug-likeness (QED) is 0.167. The van der Waals surface area contributed by atoms with Crippen LogP contribution in [-0.4, -0.2) is 4.57 Å². The van der Waals surface area contributed by atoms with Crippen LogP contribution in [0.3, 0.4) is 0 Å². The molecule has 0 amide bonds. The van der Waals surface area contributed by atoms with Gasteiger partial charge in [0.1, 0.15) is 11.2 Å². The molecule has 12 rings (SSSR count).